The van der Waals surface area contributed by atoms with Gasteiger partial charge in [0.15, 0.2) is 33.2 Å². The molecule has 1 aromatic carbocycles. The summed E-state index contributed by atoms with van der Waals surface area (Å²) in [6, 6.07) is -0.776. The average molecular weight is 465 g/mol. The Balaban J connectivity index is 1.92. The number of phenols is 2. The highest BCUT2D eigenvalue weighted by Gasteiger charge is 2.69. The lowest BCUT2D eigenvalue weighted by Gasteiger charge is -2.35. The molecule has 2 fully saturated rings. The number of aliphatic imine (C=N–C) groups is 1. The third-order valence-corrected chi connectivity index (χ3v) is 8.34. The lowest BCUT2D eigenvalue weighted by atomic mass is 9.97. The van der Waals surface area contributed by atoms with Crippen LogP contribution in [0, 0.1) is 0 Å². The monoisotopic (exact) mass is 464 g/mol. The van der Waals surface area contributed by atoms with Crippen molar-refractivity contribution in [3.8, 4) is 11.5 Å². The number of β-lactam (4-membered cyclic amide) rings is 1. The van der Waals surface area contributed by atoms with Crippen molar-refractivity contribution in [3.05, 3.63) is 21.7 Å². The SMILES string of the molecule is C[C@]1(C=NCC(=O)c2c(Cl)cc(O)c(O)c2Cl)[C@H](C(=O)O)N2C(=O)C[C@H]2S1(=O)=O. The predicted octanol–water partition coefficient (Wildman–Crippen LogP) is 0.857. The summed E-state index contributed by atoms with van der Waals surface area (Å²) in [6.07, 6.45) is 0.513. The molecule has 13 heteroatoms. The Bertz CT molecular complexity index is 1090. The van der Waals surface area contributed by atoms with E-state index >= 15 is 0 Å². The smallest absolute Gasteiger partial charge is 0.328 e. The lowest BCUT2D eigenvalue weighted by molar-refractivity contribution is -0.156. The summed E-state index contributed by atoms with van der Waals surface area (Å²) in [4.78, 5) is 40.3. The van der Waals surface area contributed by atoms with E-state index in [1.807, 2.05) is 0 Å². The minimum Gasteiger partial charge on any atom is -0.504 e. The van der Waals surface area contributed by atoms with E-state index in [0.717, 1.165) is 24.1 Å². The number of carbonyl (C=O) groups is 3. The molecule has 0 unspecified atom stereocenters. The molecule has 156 valence electrons. The van der Waals surface area contributed by atoms with Crippen LogP contribution in [0.15, 0.2) is 11.1 Å². The van der Waals surface area contributed by atoms with Gasteiger partial charge in [-0.3, -0.25) is 14.6 Å². The highest BCUT2D eigenvalue weighted by Crippen LogP contribution is 2.45. The Morgan fingerprint density at radius 2 is 2.00 bits per heavy atom. The van der Waals surface area contributed by atoms with Gasteiger partial charge in [-0.05, 0) is 6.92 Å². The number of carbonyl (C=O) groups excluding carboxylic acids is 2. The fourth-order valence-electron chi connectivity index (χ4n) is 3.44. The van der Waals surface area contributed by atoms with Gasteiger partial charge in [-0.25, -0.2) is 13.2 Å². The number of phenolic OH excluding ortho intramolecular Hbond substituents is 2. The van der Waals surface area contributed by atoms with Gasteiger partial charge in [-0.1, -0.05) is 23.2 Å². The number of aliphatic carboxylic acids is 1. The van der Waals surface area contributed by atoms with Crippen molar-refractivity contribution in [2.45, 2.75) is 29.5 Å². The number of halogens is 2. The molecular weight excluding hydrogens is 451 g/mol. The summed E-state index contributed by atoms with van der Waals surface area (Å²) < 4.78 is 23.4. The van der Waals surface area contributed by atoms with E-state index in [1.165, 1.54) is 0 Å². The fraction of sp³-hybridized carbons (Fsp3) is 0.375. The predicted molar refractivity (Wildman–Crippen MR) is 101 cm³/mol. The summed E-state index contributed by atoms with van der Waals surface area (Å²) in [7, 11) is -4.11. The molecule has 3 rings (SSSR count). The van der Waals surface area contributed by atoms with Crippen LogP contribution >= 0.6 is 23.2 Å². The van der Waals surface area contributed by atoms with Gasteiger partial charge in [0.1, 0.15) is 16.7 Å². The van der Waals surface area contributed by atoms with Gasteiger partial charge in [0.05, 0.1) is 22.0 Å². The van der Waals surface area contributed by atoms with Gasteiger partial charge in [0.25, 0.3) is 0 Å². The average Bonchev–Trinajstić information content (AvgIpc) is 2.74. The summed E-state index contributed by atoms with van der Waals surface area (Å²) in [6.45, 7) is 0.451. The van der Waals surface area contributed by atoms with Crippen molar-refractivity contribution in [2.75, 3.05) is 6.54 Å². The minimum atomic E-state index is -4.11. The van der Waals surface area contributed by atoms with Crippen molar-refractivity contribution >= 4 is 56.9 Å². The van der Waals surface area contributed by atoms with Gasteiger partial charge in [-0.15, -0.1) is 0 Å². The zero-order valence-corrected chi connectivity index (χ0v) is 17.0. The molecule has 0 saturated carbocycles. The molecule has 29 heavy (non-hydrogen) atoms. The molecular formula is C16H14Cl2N2O8S. The molecule has 10 nitrogen and oxygen atoms in total. The molecule has 0 spiro atoms. The number of hydrogen-bond acceptors (Lipinski definition) is 8. The highest BCUT2D eigenvalue weighted by molar-refractivity contribution is 7.94. The number of nitrogens with zero attached hydrogens (tertiary/aromatic N) is 2. The first-order valence-electron chi connectivity index (χ1n) is 8.06. The van der Waals surface area contributed by atoms with Crippen LogP contribution in [0.4, 0.5) is 0 Å². The highest BCUT2D eigenvalue weighted by atomic mass is 35.5. The maximum atomic E-state index is 12.7. The normalized spacial score (nSPS) is 27.7. The fourth-order valence-corrected chi connectivity index (χ4v) is 6.33. The largest absolute Gasteiger partial charge is 0.504 e. The van der Waals surface area contributed by atoms with Gasteiger partial charge >= 0.3 is 5.97 Å². The topological polar surface area (TPSA) is 162 Å². The molecule has 1 aromatic rings. The van der Waals surface area contributed by atoms with Crippen molar-refractivity contribution in [1.82, 2.24) is 4.90 Å². The number of aromatic hydroxyl groups is 2. The van der Waals surface area contributed by atoms with Crippen LogP contribution in [0.25, 0.3) is 0 Å². The van der Waals surface area contributed by atoms with Crippen LogP contribution in [0.3, 0.4) is 0 Å². The van der Waals surface area contributed by atoms with Crippen molar-refractivity contribution < 1.29 is 38.1 Å². The van der Waals surface area contributed by atoms with Crippen LogP contribution in [-0.4, -0.2) is 75.2 Å². The van der Waals surface area contributed by atoms with Gasteiger partial charge in [0.2, 0.25) is 5.91 Å². The second-order valence-electron chi connectivity index (χ2n) is 6.74. The number of sulfone groups is 1. The van der Waals surface area contributed by atoms with E-state index in [1.54, 1.807) is 0 Å². The quantitative estimate of drug-likeness (QED) is 0.250. The molecule has 0 bridgehead atoms. The van der Waals surface area contributed by atoms with E-state index in [4.69, 9.17) is 23.2 Å². The first-order chi connectivity index (χ1) is 13.3. The second kappa shape index (κ2) is 6.85. The zero-order chi connectivity index (χ0) is 21.9. The third kappa shape index (κ3) is 2.95. The Hall–Kier alpha value is -2.37. The zero-order valence-electron chi connectivity index (χ0n) is 14.7. The Morgan fingerprint density at radius 1 is 1.38 bits per heavy atom. The van der Waals surface area contributed by atoms with Crippen molar-refractivity contribution in [3.63, 3.8) is 0 Å². The van der Waals surface area contributed by atoms with E-state index in [2.05, 4.69) is 4.99 Å². The Labute approximate surface area is 174 Å². The summed E-state index contributed by atoms with van der Waals surface area (Å²) >= 11 is 11.7. The molecule has 2 heterocycles. The maximum absolute atomic E-state index is 12.7. The lowest BCUT2D eigenvalue weighted by Crippen LogP contribution is -2.57. The summed E-state index contributed by atoms with van der Waals surface area (Å²) in [5, 5.41) is 26.5. The van der Waals surface area contributed by atoms with Crippen LogP contribution in [-0.2, 0) is 19.4 Å². The molecule has 1 amide bonds. The van der Waals surface area contributed by atoms with E-state index in [-0.39, 0.29) is 17.0 Å². The van der Waals surface area contributed by atoms with Crippen molar-refractivity contribution in [1.29, 1.82) is 0 Å². The molecule has 0 aliphatic carbocycles. The number of benzene rings is 1. The first-order valence-corrected chi connectivity index (χ1v) is 10.4. The van der Waals surface area contributed by atoms with Crippen LogP contribution in [0.5, 0.6) is 11.5 Å². The van der Waals surface area contributed by atoms with Crippen molar-refractivity contribution in [2.24, 2.45) is 4.99 Å². The number of ketones is 1. The number of Topliss-reactive ketones (excluding diaryl/α,β-unsaturated/α-hetero) is 1. The number of rotatable bonds is 5. The molecule has 3 N–H and O–H groups in total. The van der Waals surface area contributed by atoms with Crippen LogP contribution < -0.4 is 0 Å². The van der Waals surface area contributed by atoms with Crippen LogP contribution in [0.2, 0.25) is 10.0 Å². The molecule has 3 atom stereocenters. The molecule has 2 saturated heterocycles. The van der Waals surface area contributed by atoms with Gasteiger partial charge in [0, 0.05) is 12.3 Å². The molecule has 0 aromatic heterocycles. The standard InChI is InChI=1S/C16H14Cl2N2O8S/c1-16(14(15(25)26)20-9(23)3-10(20)29(16,27)28)5-19-4-8(22)11-6(17)2-7(21)13(24)12(11)18/h2,5,10,14,21,24H,3-4H2,1H3,(H,25,26)/t10-,14+,16+/m1/s1. The second-order valence-corrected chi connectivity index (χ2v) is 10.0. The van der Waals surface area contributed by atoms with E-state index in [9.17, 15) is 38.1 Å². The maximum Gasteiger partial charge on any atom is 0.328 e. The number of carboxylic acid groups (broad SMARTS) is 1. The number of carboxylic acids is 1. The minimum absolute atomic E-state index is 0.261. The molecule has 2 aliphatic heterocycles. The Kier molecular flexibility index (Phi) is 5.04. The Morgan fingerprint density at radius 3 is 2.55 bits per heavy atom. The third-order valence-electron chi connectivity index (χ3n) is 5.01. The molecule has 0 radical (unpaired) electrons. The summed E-state index contributed by atoms with van der Waals surface area (Å²) in [5.74, 6) is -4.32. The van der Waals surface area contributed by atoms with Crippen LogP contribution in [0.1, 0.15) is 23.7 Å². The molecule has 2 aliphatic rings. The van der Waals surface area contributed by atoms with Gasteiger partial charge < -0.3 is 20.2 Å². The number of hydrogen-bond donors (Lipinski definition) is 3. The van der Waals surface area contributed by atoms with E-state index in [0.29, 0.717) is 0 Å². The number of fused-ring (bicyclic) bond motifs is 1. The summed E-state index contributed by atoms with van der Waals surface area (Å²) in [5.41, 5.74) is -0.339. The first kappa shape index (κ1) is 21.3. The van der Waals surface area contributed by atoms with E-state index < -0.39 is 66.7 Å². The van der Waals surface area contributed by atoms with Gasteiger partial charge in [-0.2, -0.15) is 0 Å². The number of amides is 1.